The summed E-state index contributed by atoms with van der Waals surface area (Å²) in [5, 5.41) is 0. The molecule has 5 nitrogen and oxygen atoms in total. The van der Waals surface area contributed by atoms with E-state index < -0.39 is 10.0 Å². The number of anilines is 1. The zero-order chi connectivity index (χ0) is 20.9. The van der Waals surface area contributed by atoms with E-state index in [1.165, 1.54) is 21.3 Å². The van der Waals surface area contributed by atoms with E-state index in [0.29, 0.717) is 12.2 Å². The molecule has 0 heterocycles. The molecule has 0 aromatic heterocycles. The van der Waals surface area contributed by atoms with Crippen LogP contribution in [0.15, 0.2) is 89.8 Å². The van der Waals surface area contributed by atoms with Gasteiger partial charge in [-0.3, -0.25) is 9.10 Å². The van der Waals surface area contributed by atoms with Gasteiger partial charge < -0.3 is 4.90 Å². The molecule has 0 N–H and O–H groups in total. The third kappa shape index (κ3) is 5.03. The molecule has 0 bridgehead atoms. The third-order valence-corrected chi connectivity index (χ3v) is 6.41. The van der Waals surface area contributed by atoms with E-state index in [1.54, 1.807) is 37.4 Å². The quantitative estimate of drug-likeness (QED) is 0.597. The second kappa shape index (κ2) is 8.92. The van der Waals surface area contributed by atoms with Crippen LogP contribution in [-0.4, -0.2) is 32.8 Å². The smallest absolute Gasteiger partial charge is 0.264 e. The number of nitrogens with zero attached hydrogens (tertiary/aromatic N) is 2. The molecule has 6 heteroatoms. The van der Waals surface area contributed by atoms with Crippen LogP contribution in [-0.2, 0) is 21.4 Å². The molecule has 0 unspecified atom stereocenters. The largest absolute Gasteiger partial charge is 0.340 e. The molecule has 0 radical (unpaired) electrons. The summed E-state index contributed by atoms with van der Waals surface area (Å²) in [5.74, 6) is -0.283. The van der Waals surface area contributed by atoms with Crippen molar-refractivity contribution in [2.75, 3.05) is 17.9 Å². The predicted molar refractivity (Wildman–Crippen MR) is 115 cm³/mol. The first kappa shape index (κ1) is 20.6. The summed E-state index contributed by atoms with van der Waals surface area (Å²) in [6.07, 6.45) is 0. The highest BCUT2D eigenvalue weighted by Crippen LogP contribution is 2.24. The van der Waals surface area contributed by atoms with E-state index in [-0.39, 0.29) is 17.3 Å². The van der Waals surface area contributed by atoms with Crippen LogP contribution < -0.4 is 4.31 Å². The average Bonchev–Trinajstić information content (AvgIpc) is 2.74. The van der Waals surface area contributed by atoms with Gasteiger partial charge >= 0.3 is 0 Å². The van der Waals surface area contributed by atoms with E-state index in [0.717, 1.165) is 11.1 Å². The monoisotopic (exact) mass is 408 g/mol. The van der Waals surface area contributed by atoms with E-state index in [1.807, 2.05) is 49.4 Å². The summed E-state index contributed by atoms with van der Waals surface area (Å²) in [5.41, 5.74) is 2.45. The first-order valence-corrected chi connectivity index (χ1v) is 10.7. The van der Waals surface area contributed by atoms with Crippen LogP contribution in [0.3, 0.4) is 0 Å². The summed E-state index contributed by atoms with van der Waals surface area (Å²) in [6, 6.07) is 24.9. The highest BCUT2D eigenvalue weighted by molar-refractivity contribution is 7.92. The molecule has 3 rings (SSSR count). The summed E-state index contributed by atoms with van der Waals surface area (Å²) in [6.45, 7) is 2.06. The maximum absolute atomic E-state index is 13.3. The standard InChI is InChI=1S/C23H24N2O3S/c1-19-13-15-21(16-14-19)25(29(27,28)22-11-7-4-8-12-22)18-23(26)24(2)17-20-9-5-3-6-10-20/h3-16H,17-18H2,1-2H3. The van der Waals surface area contributed by atoms with Crippen LogP contribution >= 0.6 is 0 Å². The lowest BCUT2D eigenvalue weighted by Gasteiger charge is -2.27. The lowest BCUT2D eigenvalue weighted by molar-refractivity contribution is -0.128. The number of likely N-dealkylation sites (N-methyl/N-ethyl adjacent to an activating group) is 1. The molecule has 0 saturated heterocycles. The number of hydrogen-bond acceptors (Lipinski definition) is 3. The van der Waals surface area contributed by atoms with Crippen molar-refractivity contribution in [3.05, 3.63) is 96.1 Å². The molecule has 0 aliphatic carbocycles. The Morgan fingerprint density at radius 1 is 0.828 bits per heavy atom. The van der Waals surface area contributed by atoms with Gasteiger partial charge in [-0.05, 0) is 36.8 Å². The Bertz CT molecular complexity index is 1050. The zero-order valence-electron chi connectivity index (χ0n) is 16.5. The molecule has 3 aromatic carbocycles. The van der Waals surface area contributed by atoms with Crippen LogP contribution in [0.1, 0.15) is 11.1 Å². The molecule has 3 aromatic rings. The Kier molecular flexibility index (Phi) is 6.34. The van der Waals surface area contributed by atoms with Gasteiger partial charge in [-0.15, -0.1) is 0 Å². The van der Waals surface area contributed by atoms with E-state index >= 15 is 0 Å². The van der Waals surface area contributed by atoms with Gasteiger partial charge in [-0.2, -0.15) is 0 Å². The summed E-state index contributed by atoms with van der Waals surface area (Å²) in [7, 11) is -2.20. The number of benzene rings is 3. The molecule has 0 spiro atoms. The molecular weight excluding hydrogens is 384 g/mol. The molecule has 0 atom stereocenters. The molecule has 1 amide bonds. The third-order valence-electron chi connectivity index (χ3n) is 4.62. The highest BCUT2D eigenvalue weighted by Gasteiger charge is 2.28. The fourth-order valence-corrected chi connectivity index (χ4v) is 4.37. The minimum absolute atomic E-state index is 0.152. The van der Waals surface area contributed by atoms with Crippen molar-refractivity contribution in [1.82, 2.24) is 4.90 Å². The van der Waals surface area contributed by atoms with Gasteiger partial charge in [0.1, 0.15) is 6.54 Å². The van der Waals surface area contributed by atoms with Crippen molar-refractivity contribution in [3.8, 4) is 0 Å². The summed E-state index contributed by atoms with van der Waals surface area (Å²) in [4.78, 5) is 14.6. The van der Waals surface area contributed by atoms with Gasteiger partial charge in [0.15, 0.2) is 0 Å². The number of rotatable bonds is 7. The second-order valence-electron chi connectivity index (χ2n) is 6.90. The predicted octanol–water partition coefficient (Wildman–Crippen LogP) is 3.85. The number of hydrogen-bond donors (Lipinski definition) is 0. The lowest BCUT2D eigenvalue weighted by atomic mass is 10.2. The van der Waals surface area contributed by atoms with Crippen LogP contribution in [0, 0.1) is 6.92 Å². The summed E-state index contributed by atoms with van der Waals surface area (Å²) >= 11 is 0. The lowest BCUT2D eigenvalue weighted by Crippen LogP contribution is -2.41. The Hall–Kier alpha value is -3.12. The summed E-state index contributed by atoms with van der Waals surface area (Å²) < 4.78 is 27.8. The maximum atomic E-state index is 13.3. The van der Waals surface area contributed by atoms with Gasteiger partial charge in [0.2, 0.25) is 5.91 Å². The van der Waals surface area contributed by atoms with Crippen molar-refractivity contribution in [1.29, 1.82) is 0 Å². The van der Waals surface area contributed by atoms with Crippen molar-refractivity contribution >= 4 is 21.6 Å². The molecule has 0 aliphatic rings. The molecule has 0 saturated carbocycles. The highest BCUT2D eigenvalue weighted by atomic mass is 32.2. The average molecular weight is 409 g/mol. The van der Waals surface area contributed by atoms with Gasteiger partial charge in [-0.1, -0.05) is 66.2 Å². The minimum Gasteiger partial charge on any atom is -0.340 e. The first-order valence-electron chi connectivity index (χ1n) is 9.30. The minimum atomic E-state index is -3.88. The number of amides is 1. The van der Waals surface area contributed by atoms with Gasteiger partial charge in [0.05, 0.1) is 10.6 Å². The molecule has 150 valence electrons. The number of sulfonamides is 1. The first-order chi connectivity index (χ1) is 13.9. The van der Waals surface area contributed by atoms with Crippen LogP contribution in [0.25, 0.3) is 0 Å². The molecular formula is C23H24N2O3S. The van der Waals surface area contributed by atoms with Crippen molar-refractivity contribution < 1.29 is 13.2 Å². The van der Waals surface area contributed by atoms with Gasteiger partial charge in [0, 0.05) is 13.6 Å². The zero-order valence-corrected chi connectivity index (χ0v) is 17.3. The fraction of sp³-hybridized carbons (Fsp3) is 0.174. The van der Waals surface area contributed by atoms with Crippen LogP contribution in [0.2, 0.25) is 0 Å². The Morgan fingerprint density at radius 3 is 1.97 bits per heavy atom. The maximum Gasteiger partial charge on any atom is 0.264 e. The molecule has 0 aliphatic heterocycles. The van der Waals surface area contributed by atoms with Gasteiger partial charge in [-0.25, -0.2) is 8.42 Å². The van der Waals surface area contributed by atoms with Crippen molar-refractivity contribution in [3.63, 3.8) is 0 Å². The second-order valence-corrected chi connectivity index (χ2v) is 8.76. The van der Waals surface area contributed by atoms with E-state index in [2.05, 4.69) is 0 Å². The Morgan fingerprint density at radius 2 is 1.38 bits per heavy atom. The number of aryl methyl sites for hydroxylation is 1. The SMILES string of the molecule is Cc1ccc(N(CC(=O)N(C)Cc2ccccc2)S(=O)(=O)c2ccccc2)cc1. The van der Waals surface area contributed by atoms with E-state index in [4.69, 9.17) is 0 Å². The van der Waals surface area contributed by atoms with Crippen molar-refractivity contribution in [2.45, 2.75) is 18.4 Å². The Labute approximate surface area is 172 Å². The van der Waals surface area contributed by atoms with Crippen LogP contribution in [0.4, 0.5) is 5.69 Å². The topological polar surface area (TPSA) is 57.7 Å². The van der Waals surface area contributed by atoms with Crippen molar-refractivity contribution in [2.24, 2.45) is 0 Å². The molecule has 29 heavy (non-hydrogen) atoms. The van der Waals surface area contributed by atoms with Crippen LogP contribution in [0.5, 0.6) is 0 Å². The van der Waals surface area contributed by atoms with Gasteiger partial charge in [0.25, 0.3) is 10.0 Å². The molecule has 0 fully saturated rings. The fourth-order valence-electron chi connectivity index (χ4n) is 2.93. The van der Waals surface area contributed by atoms with E-state index in [9.17, 15) is 13.2 Å². The normalized spacial score (nSPS) is 11.1. The number of carbonyl (C=O) groups is 1. The Balaban J connectivity index is 1.89. The number of carbonyl (C=O) groups excluding carboxylic acids is 1.